The standard InChI is InChI=1S/C27H35F3N2O6/c1-8-24(33)38-16(4)13-37-21-10-9-19(11-22(21)36-7)25(34)31-14-26(35,27(28,29)30)23-12-20(15(2)3)17(5)18(6)32-23/h9-12,15-16,35H,8,13-14H2,1-7H3,(H,31,34). The zero-order valence-corrected chi connectivity index (χ0v) is 22.7. The number of nitrogens with one attached hydrogen (secondary N) is 1. The van der Waals surface area contributed by atoms with Crippen molar-refractivity contribution in [2.24, 2.45) is 0 Å². The largest absolute Gasteiger partial charge is 0.493 e. The summed E-state index contributed by atoms with van der Waals surface area (Å²) in [5.41, 5.74) is -2.29. The summed E-state index contributed by atoms with van der Waals surface area (Å²) in [5, 5.41) is 13.0. The highest BCUT2D eigenvalue weighted by molar-refractivity contribution is 5.95. The minimum atomic E-state index is -5.11. The second-order valence-electron chi connectivity index (χ2n) is 9.33. The number of aryl methyl sites for hydroxylation is 1. The van der Waals surface area contributed by atoms with Crippen molar-refractivity contribution in [1.82, 2.24) is 10.3 Å². The molecule has 0 saturated carbocycles. The van der Waals surface area contributed by atoms with E-state index in [4.69, 9.17) is 14.2 Å². The molecule has 1 amide bonds. The van der Waals surface area contributed by atoms with Gasteiger partial charge >= 0.3 is 12.1 Å². The summed E-state index contributed by atoms with van der Waals surface area (Å²) >= 11 is 0. The average molecular weight is 541 g/mol. The highest BCUT2D eigenvalue weighted by Crippen LogP contribution is 2.39. The van der Waals surface area contributed by atoms with Crippen molar-refractivity contribution in [1.29, 1.82) is 0 Å². The number of halogens is 3. The highest BCUT2D eigenvalue weighted by atomic mass is 19.4. The lowest BCUT2D eigenvalue weighted by atomic mass is 9.90. The summed E-state index contributed by atoms with van der Waals surface area (Å²) in [7, 11) is 1.34. The molecule has 0 spiro atoms. The Hall–Kier alpha value is -3.34. The number of hydrogen-bond donors (Lipinski definition) is 2. The van der Waals surface area contributed by atoms with E-state index in [-0.39, 0.29) is 42.0 Å². The van der Waals surface area contributed by atoms with Gasteiger partial charge in [0, 0.05) is 17.7 Å². The van der Waals surface area contributed by atoms with Gasteiger partial charge in [-0.2, -0.15) is 13.2 Å². The van der Waals surface area contributed by atoms with E-state index in [0.717, 1.165) is 5.56 Å². The van der Waals surface area contributed by atoms with Crippen LogP contribution in [0, 0.1) is 13.8 Å². The molecular formula is C27H35F3N2O6. The zero-order chi connectivity index (χ0) is 28.8. The van der Waals surface area contributed by atoms with Crippen LogP contribution in [0.3, 0.4) is 0 Å². The number of nitrogens with zero attached hydrogens (tertiary/aromatic N) is 1. The fourth-order valence-corrected chi connectivity index (χ4v) is 3.70. The van der Waals surface area contributed by atoms with Gasteiger partial charge in [0.1, 0.15) is 12.7 Å². The molecular weight excluding hydrogens is 505 g/mol. The Morgan fingerprint density at radius 3 is 2.32 bits per heavy atom. The predicted octanol–water partition coefficient (Wildman–Crippen LogP) is 4.73. The molecule has 2 aromatic rings. The quantitative estimate of drug-likeness (QED) is 0.397. The molecule has 0 fully saturated rings. The van der Waals surface area contributed by atoms with Gasteiger partial charge in [-0.05, 0) is 62.1 Å². The Morgan fingerprint density at radius 2 is 1.76 bits per heavy atom. The van der Waals surface area contributed by atoms with Crippen LogP contribution in [-0.2, 0) is 15.1 Å². The van der Waals surface area contributed by atoms with Crippen molar-refractivity contribution in [3.8, 4) is 11.5 Å². The smallest absolute Gasteiger partial charge is 0.424 e. The molecule has 0 saturated heterocycles. The van der Waals surface area contributed by atoms with E-state index in [0.29, 0.717) is 11.3 Å². The first kappa shape index (κ1) is 30.9. The van der Waals surface area contributed by atoms with Crippen molar-refractivity contribution in [2.75, 3.05) is 20.3 Å². The average Bonchev–Trinajstić information content (AvgIpc) is 2.86. The number of benzene rings is 1. The number of pyridine rings is 1. The van der Waals surface area contributed by atoms with Crippen LogP contribution in [0.2, 0.25) is 0 Å². The second kappa shape index (κ2) is 12.5. The molecule has 2 atom stereocenters. The summed E-state index contributed by atoms with van der Waals surface area (Å²) in [6.45, 7) is 9.19. The summed E-state index contributed by atoms with van der Waals surface area (Å²) in [6, 6.07) is 5.29. The van der Waals surface area contributed by atoms with Crippen LogP contribution in [0.4, 0.5) is 13.2 Å². The molecule has 11 heteroatoms. The van der Waals surface area contributed by atoms with Crippen molar-refractivity contribution in [2.45, 2.75) is 71.8 Å². The fourth-order valence-electron chi connectivity index (χ4n) is 3.70. The monoisotopic (exact) mass is 540 g/mol. The molecule has 0 bridgehead atoms. The van der Waals surface area contributed by atoms with Crippen molar-refractivity contribution in [3.63, 3.8) is 0 Å². The Kier molecular flexibility index (Phi) is 10.1. The number of amides is 1. The lowest BCUT2D eigenvalue weighted by molar-refractivity contribution is -0.265. The van der Waals surface area contributed by atoms with Crippen LogP contribution in [0.5, 0.6) is 11.5 Å². The van der Waals surface area contributed by atoms with Crippen molar-refractivity contribution >= 4 is 11.9 Å². The van der Waals surface area contributed by atoms with Crippen LogP contribution in [-0.4, -0.2) is 54.5 Å². The van der Waals surface area contributed by atoms with Gasteiger partial charge < -0.3 is 24.6 Å². The van der Waals surface area contributed by atoms with Crippen LogP contribution < -0.4 is 14.8 Å². The van der Waals surface area contributed by atoms with E-state index in [9.17, 15) is 27.9 Å². The summed E-state index contributed by atoms with van der Waals surface area (Å²) in [4.78, 5) is 28.2. The number of carbonyl (C=O) groups excluding carboxylic acids is 2. The lowest BCUT2D eigenvalue weighted by Gasteiger charge is -2.31. The molecule has 8 nitrogen and oxygen atoms in total. The minimum Gasteiger partial charge on any atom is -0.493 e. The van der Waals surface area contributed by atoms with Gasteiger partial charge in [-0.15, -0.1) is 0 Å². The Balaban J connectivity index is 2.25. The summed E-state index contributed by atoms with van der Waals surface area (Å²) in [6.07, 6.45) is -5.43. The third kappa shape index (κ3) is 7.15. The van der Waals surface area contributed by atoms with E-state index in [1.165, 1.54) is 31.4 Å². The van der Waals surface area contributed by atoms with Gasteiger partial charge in [0.25, 0.3) is 5.91 Å². The molecule has 2 N–H and O–H groups in total. The number of rotatable bonds is 11. The summed E-state index contributed by atoms with van der Waals surface area (Å²) in [5.74, 6) is -0.950. The second-order valence-corrected chi connectivity index (χ2v) is 9.33. The number of esters is 1. The maximum absolute atomic E-state index is 14.1. The number of methoxy groups -OCH3 is 1. The molecule has 0 aliphatic heterocycles. The van der Waals surface area contributed by atoms with E-state index < -0.39 is 36.0 Å². The van der Waals surface area contributed by atoms with Crippen molar-refractivity contribution < 1.29 is 42.1 Å². The molecule has 2 unspecified atom stereocenters. The fraction of sp³-hybridized carbons (Fsp3) is 0.519. The third-order valence-electron chi connectivity index (χ3n) is 6.10. The highest BCUT2D eigenvalue weighted by Gasteiger charge is 2.56. The van der Waals surface area contributed by atoms with Gasteiger partial charge in [0.15, 0.2) is 11.5 Å². The van der Waals surface area contributed by atoms with E-state index in [2.05, 4.69) is 10.3 Å². The molecule has 210 valence electrons. The molecule has 2 rings (SSSR count). The Labute approximate surface area is 220 Å². The van der Waals surface area contributed by atoms with E-state index >= 15 is 0 Å². The van der Waals surface area contributed by atoms with Crippen LogP contribution in [0.25, 0.3) is 0 Å². The van der Waals surface area contributed by atoms with Crippen molar-refractivity contribution in [3.05, 3.63) is 52.3 Å². The van der Waals surface area contributed by atoms with Crippen LogP contribution >= 0.6 is 0 Å². The third-order valence-corrected chi connectivity index (χ3v) is 6.10. The Bertz CT molecular complexity index is 1150. The number of alkyl halides is 3. The first-order valence-electron chi connectivity index (χ1n) is 12.2. The van der Waals surface area contributed by atoms with Gasteiger partial charge in [0.2, 0.25) is 5.60 Å². The Morgan fingerprint density at radius 1 is 1.11 bits per heavy atom. The molecule has 1 aromatic heterocycles. The molecule has 0 aliphatic rings. The molecule has 1 aromatic carbocycles. The first-order valence-corrected chi connectivity index (χ1v) is 12.2. The topological polar surface area (TPSA) is 107 Å². The molecule has 0 radical (unpaired) electrons. The normalized spacial score (nSPS) is 14.0. The maximum Gasteiger partial charge on any atom is 0.424 e. The number of ether oxygens (including phenoxy) is 3. The number of hydrogen-bond acceptors (Lipinski definition) is 7. The van der Waals surface area contributed by atoms with E-state index in [1.54, 1.807) is 27.7 Å². The SMILES string of the molecule is CCC(=O)OC(C)COc1ccc(C(=O)NCC(O)(c2cc(C(C)C)c(C)c(C)n2)C(F)(F)F)cc1OC. The number of carbonyl (C=O) groups is 2. The first-order chi connectivity index (χ1) is 17.6. The molecule has 38 heavy (non-hydrogen) atoms. The molecule has 1 heterocycles. The summed E-state index contributed by atoms with van der Waals surface area (Å²) < 4.78 is 58.4. The van der Waals surface area contributed by atoms with Gasteiger partial charge in [-0.25, -0.2) is 0 Å². The van der Waals surface area contributed by atoms with Gasteiger partial charge in [-0.1, -0.05) is 20.8 Å². The number of aromatic nitrogens is 1. The maximum atomic E-state index is 14.1. The lowest BCUT2D eigenvalue weighted by Crippen LogP contribution is -2.51. The molecule has 0 aliphatic carbocycles. The van der Waals surface area contributed by atoms with Crippen LogP contribution in [0.1, 0.15) is 72.9 Å². The number of aliphatic hydroxyl groups is 1. The van der Waals surface area contributed by atoms with Gasteiger partial charge in [0.05, 0.1) is 19.3 Å². The zero-order valence-electron chi connectivity index (χ0n) is 22.7. The van der Waals surface area contributed by atoms with E-state index in [1.807, 2.05) is 13.8 Å². The van der Waals surface area contributed by atoms with Crippen LogP contribution in [0.15, 0.2) is 24.3 Å². The predicted molar refractivity (Wildman–Crippen MR) is 134 cm³/mol. The minimum absolute atomic E-state index is 0.0138. The van der Waals surface area contributed by atoms with Gasteiger partial charge in [-0.3, -0.25) is 14.6 Å².